The predicted molar refractivity (Wildman–Crippen MR) is 121 cm³/mol. The van der Waals surface area contributed by atoms with Crippen LogP contribution in [0.25, 0.3) is 0 Å². The van der Waals surface area contributed by atoms with Crippen LogP contribution < -0.4 is 15.5 Å². The Balaban J connectivity index is 1.74. The third-order valence-corrected chi connectivity index (χ3v) is 6.52. The van der Waals surface area contributed by atoms with Crippen LogP contribution in [-0.2, 0) is 4.79 Å². The van der Waals surface area contributed by atoms with Gasteiger partial charge in [0.25, 0.3) is 0 Å². The molecule has 8 heteroatoms. The molecule has 142 valence electrons. The Morgan fingerprint density at radius 2 is 2.07 bits per heavy atom. The minimum absolute atomic E-state index is 0.0229. The highest BCUT2D eigenvalue weighted by Crippen LogP contribution is 2.44. The fourth-order valence-electron chi connectivity index (χ4n) is 3.31. The number of pyridine rings is 1. The molecule has 3 aromatic rings. The number of anilines is 2. The van der Waals surface area contributed by atoms with Gasteiger partial charge in [0.2, 0.25) is 5.91 Å². The Hall–Kier alpha value is -2.29. The fraction of sp³-hybridized carbons (Fsp3) is 0.150. The van der Waals surface area contributed by atoms with E-state index in [2.05, 4.69) is 47.9 Å². The van der Waals surface area contributed by atoms with E-state index in [4.69, 9.17) is 12.2 Å². The number of thiophene rings is 1. The second-order valence-corrected chi connectivity index (χ2v) is 8.64. The van der Waals surface area contributed by atoms with Crippen molar-refractivity contribution in [1.29, 1.82) is 0 Å². The monoisotopic (exact) mass is 472 g/mol. The molecule has 0 bridgehead atoms. The highest BCUT2D eigenvalue weighted by molar-refractivity contribution is 9.10. The minimum Gasteiger partial charge on any atom is -0.351 e. The van der Waals surface area contributed by atoms with Gasteiger partial charge < -0.3 is 15.5 Å². The van der Waals surface area contributed by atoms with E-state index >= 15 is 0 Å². The molecule has 0 aliphatic carbocycles. The molecular formula is C20H17BrN4OS2. The van der Waals surface area contributed by atoms with Crippen LogP contribution >= 0.6 is 39.5 Å². The number of hydrogen-bond acceptors (Lipinski definition) is 4. The molecule has 3 heterocycles. The average Bonchev–Trinajstić information content (AvgIpc) is 3.26. The molecule has 1 aliphatic heterocycles. The number of halogens is 1. The largest absolute Gasteiger partial charge is 0.351 e. The summed E-state index contributed by atoms with van der Waals surface area (Å²) in [7, 11) is 0. The third-order valence-electron chi connectivity index (χ3n) is 4.44. The topological polar surface area (TPSA) is 57.3 Å². The van der Waals surface area contributed by atoms with Crippen molar-refractivity contribution in [1.82, 2.24) is 10.3 Å². The summed E-state index contributed by atoms with van der Waals surface area (Å²) in [6, 6.07) is 15.7. The maximum Gasteiger partial charge on any atom is 0.221 e. The molecule has 1 fully saturated rings. The fourth-order valence-corrected chi connectivity index (χ4v) is 5.23. The number of nitrogens with zero attached hydrogens (tertiary/aromatic N) is 2. The summed E-state index contributed by atoms with van der Waals surface area (Å²) < 4.78 is 1.05. The third kappa shape index (κ3) is 3.80. The van der Waals surface area contributed by atoms with Gasteiger partial charge in [-0.05, 0) is 70.6 Å². The van der Waals surface area contributed by atoms with E-state index in [0.717, 1.165) is 21.5 Å². The Kier molecular flexibility index (Phi) is 5.43. The highest BCUT2D eigenvalue weighted by Gasteiger charge is 2.41. The molecule has 2 atom stereocenters. The Labute approximate surface area is 180 Å². The number of carbonyl (C=O) groups excluding carboxylic acids is 1. The smallest absolute Gasteiger partial charge is 0.221 e. The van der Waals surface area contributed by atoms with Crippen LogP contribution in [0.5, 0.6) is 0 Å². The molecular weight excluding hydrogens is 456 g/mol. The van der Waals surface area contributed by atoms with Crippen LogP contribution in [0.3, 0.4) is 0 Å². The summed E-state index contributed by atoms with van der Waals surface area (Å²) in [4.78, 5) is 19.1. The van der Waals surface area contributed by atoms with E-state index in [9.17, 15) is 4.79 Å². The van der Waals surface area contributed by atoms with Crippen molar-refractivity contribution in [3.8, 4) is 0 Å². The van der Waals surface area contributed by atoms with Gasteiger partial charge in [-0.2, -0.15) is 0 Å². The molecule has 2 aromatic heterocycles. The van der Waals surface area contributed by atoms with Crippen molar-refractivity contribution < 1.29 is 4.79 Å². The molecule has 0 spiro atoms. The number of rotatable bonds is 4. The van der Waals surface area contributed by atoms with Crippen LogP contribution in [0.2, 0.25) is 0 Å². The molecule has 1 saturated heterocycles. The first-order valence-electron chi connectivity index (χ1n) is 8.65. The molecule has 0 radical (unpaired) electrons. The van der Waals surface area contributed by atoms with Gasteiger partial charge in [0.1, 0.15) is 0 Å². The van der Waals surface area contributed by atoms with Crippen molar-refractivity contribution in [2.75, 3.05) is 10.2 Å². The number of aromatic nitrogens is 1. The summed E-state index contributed by atoms with van der Waals surface area (Å²) in [6.45, 7) is 1.50. The first kappa shape index (κ1) is 19.0. The van der Waals surface area contributed by atoms with Crippen LogP contribution in [-0.4, -0.2) is 16.0 Å². The number of hydrogen-bond donors (Lipinski definition) is 2. The first-order chi connectivity index (χ1) is 13.5. The van der Waals surface area contributed by atoms with Gasteiger partial charge in [-0.25, -0.2) is 0 Å². The number of benzene rings is 1. The van der Waals surface area contributed by atoms with Crippen molar-refractivity contribution in [2.45, 2.75) is 19.0 Å². The molecule has 28 heavy (non-hydrogen) atoms. The number of carbonyl (C=O) groups is 1. The number of nitrogens with one attached hydrogen (secondary N) is 2. The van der Waals surface area contributed by atoms with Crippen LogP contribution in [0, 0.1) is 0 Å². The lowest BCUT2D eigenvalue weighted by Crippen LogP contribution is -2.29. The van der Waals surface area contributed by atoms with Gasteiger partial charge in [0, 0.05) is 39.2 Å². The number of thiocarbonyl (C=S) groups is 1. The molecule has 2 N–H and O–H groups in total. The zero-order valence-electron chi connectivity index (χ0n) is 14.9. The average molecular weight is 473 g/mol. The highest BCUT2D eigenvalue weighted by atomic mass is 79.9. The van der Waals surface area contributed by atoms with Crippen molar-refractivity contribution in [2.24, 2.45) is 0 Å². The molecule has 5 nitrogen and oxygen atoms in total. The van der Waals surface area contributed by atoms with Gasteiger partial charge in [0.15, 0.2) is 5.11 Å². The maximum absolute atomic E-state index is 11.3. The zero-order valence-corrected chi connectivity index (χ0v) is 18.1. The first-order valence-corrected chi connectivity index (χ1v) is 10.7. The van der Waals surface area contributed by atoms with Crippen molar-refractivity contribution in [3.05, 3.63) is 75.2 Å². The quantitative estimate of drug-likeness (QED) is 0.520. The minimum atomic E-state index is -0.0948. The lowest BCUT2D eigenvalue weighted by atomic mass is 10.0. The van der Waals surface area contributed by atoms with Gasteiger partial charge in [0.05, 0.1) is 17.8 Å². The van der Waals surface area contributed by atoms with Crippen LogP contribution in [0.4, 0.5) is 11.4 Å². The Bertz CT molecular complexity index is 1010. The van der Waals surface area contributed by atoms with E-state index in [1.807, 2.05) is 42.5 Å². The zero-order chi connectivity index (χ0) is 19.7. The van der Waals surface area contributed by atoms with E-state index in [-0.39, 0.29) is 18.0 Å². The summed E-state index contributed by atoms with van der Waals surface area (Å²) in [5.74, 6) is -0.0948. The molecule has 1 amide bonds. The standard InChI is InChI=1S/C20H17BrN4OS2/c1-12(26)23-14-5-7-15(8-6-14)25-19(17-10-13(21)11-28-17)18(24-20(25)27)16-4-2-3-9-22-16/h2-11,18-19H,1H3,(H,23,26)(H,24,27)/t18-,19+/m1/s1. The molecule has 0 saturated carbocycles. The maximum atomic E-state index is 11.3. The van der Waals surface area contributed by atoms with Crippen LogP contribution in [0.15, 0.2) is 64.6 Å². The van der Waals surface area contributed by atoms with Crippen molar-refractivity contribution >= 4 is 61.9 Å². The Morgan fingerprint density at radius 1 is 1.29 bits per heavy atom. The molecule has 1 aromatic carbocycles. The van der Waals surface area contributed by atoms with Gasteiger partial charge in [-0.1, -0.05) is 6.07 Å². The molecule has 4 rings (SSSR count). The summed E-state index contributed by atoms with van der Waals surface area (Å²) in [5, 5.41) is 8.96. The summed E-state index contributed by atoms with van der Waals surface area (Å²) in [6.07, 6.45) is 1.80. The second-order valence-electron chi connectivity index (χ2n) is 6.39. The summed E-state index contributed by atoms with van der Waals surface area (Å²) >= 11 is 10.9. The van der Waals surface area contributed by atoms with E-state index < -0.39 is 0 Å². The number of amides is 1. The lowest BCUT2D eigenvalue weighted by molar-refractivity contribution is -0.114. The Morgan fingerprint density at radius 3 is 2.68 bits per heavy atom. The van der Waals surface area contributed by atoms with Crippen LogP contribution in [0.1, 0.15) is 29.6 Å². The SMILES string of the molecule is CC(=O)Nc1ccc(N2C(=S)N[C@H](c3ccccn3)[C@@H]2c2cc(Br)cs2)cc1. The van der Waals surface area contributed by atoms with Gasteiger partial charge in [-0.3, -0.25) is 9.78 Å². The van der Waals surface area contributed by atoms with E-state index in [1.165, 1.54) is 11.8 Å². The van der Waals surface area contributed by atoms with E-state index in [0.29, 0.717) is 5.11 Å². The van der Waals surface area contributed by atoms with E-state index in [1.54, 1.807) is 17.5 Å². The normalized spacial score (nSPS) is 18.8. The van der Waals surface area contributed by atoms with Gasteiger partial charge in [-0.15, -0.1) is 11.3 Å². The van der Waals surface area contributed by atoms with Gasteiger partial charge >= 0.3 is 0 Å². The lowest BCUT2D eigenvalue weighted by Gasteiger charge is -2.27. The second kappa shape index (κ2) is 7.98. The predicted octanol–water partition coefficient (Wildman–Crippen LogP) is 5.04. The van der Waals surface area contributed by atoms with Crippen molar-refractivity contribution in [3.63, 3.8) is 0 Å². The summed E-state index contributed by atoms with van der Waals surface area (Å²) in [5.41, 5.74) is 2.65. The molecule has 1 aliphatic rings. The molecule has 0 unspecified atom stereocenters.